The number of nitrogens with two attached hydrogens (primary N) is 1. The number of benzene rings is 1. The van der Waals surface area contributed by atoms with E-state index in [2.05, 4.69) is 20.5 Å². The molecule has 2 N–H and O–H groups in total. The molecule has 1 aromatic carbocycles. The molecule has 0 aliphatic heterocycles. The Kier molecular flexibility index (Phi) is 2.85. The smallest absolute Gasteiger partial charge is 0.143 e. The molecular formula is C12H9ClN6. The third-order valence-electron chi connectivity index (χ3n) is 2.66. The number of rotatable bonds is 2. The Balaban J connectivity index is 2.14. The van der Waals surface area contributed by atoms with Crippen LogP contribution in [0.1, 0.15) is 0 Å². The maximum Gasteiger partial charge on any atom is 0.143 e. The zero-order chi connectivity index (χ0) is 13.2. The summed E-state index contributed by atoms with van der Waals surface area (Å²) in [5.41, 5.74) is 8.79. The third kappa shape index (κ3) is 2.13. The van der Waals surface area contributed by atoms with Gasteiger partial charge in [0.25, 0.3) is 0 Å². The lowest BCUT2D eigenvalue weighted by molar-refractivity contribution is 0.789. The minimum atomic E-state index is 0.502. The Labute approximate surface area is 113 Å². The molecule has 3 rings (SSSR count). The second kappa shape index (κ2) is 4.66. The molecule has 0 atom stereocenters. The lowest BCUT2D eigenvalue weighted by Crippen LogP contribution is -2.00. The van der Waals surface area contributed by atoms with Gasteiger partial charge in [-0.05, 0) is 34.7 Å². The average Bonchev–Trinajstić information content (AvgIpc) is 2.96. The van der Waals surface area contributed by atoms with Crippen LogP contribution in [0.2, 0.25) is 5.02 Å². The maximum absolute atomic E-state index is 6.24. The van der Waals surface area contributed by atoms with Gasteiger partial charge in [-0.1, -0.05) is 17.7 Å². The topological polar surface area (TPSA) is 82.5 Å². The first-order valence-electron chi connectivity index (χ1n) is 5.49. The van der Waals surface area contributed by atoms with Gasteiger partial charge in [-0.25, -0.2) is 0 Å². The van der Waals surface area contributed by atoms with Gasteiger partial charge < -0.3 is 5.73 Å². The van der Waals surface area contributed by atoms with Crippen LogP contribution in [0.25, 0.3) is 16.9 Å². The highest BCUT2D eigenvalue weighted by molar-refractivity contribution is 6.32. The summed E-state index contributed by atoms with van der Waals surface area (Å²) < 4.78 is 1.46. The standard InChI is InChI=1S/C12H9ClN6/c13-9-5-8(11-3-1-2-4-15-11)10(14)6-12(9)19-7-16-17-18-19/h1-7H,14H2. The van der Waals surface area contributed by atoms with E-state index in [1.807, 2.05) is 18.2 Å². The van der Waals surface area contributed by atoms with Gasteiger partial charge in [0.15, 0.2) is 0 Å². The zero-order valence-corrected chi connectivity index (χ0v) is 10.5. The Bertz CT molecular complexity index is 696. The van der Waals surface area contributed by atoms with Gasteiger partial charge in [0.2, 0.25) is 0 Å². The van der Waals surface area contributed by atoms with E-state index in [4.69, 9.17) is 17.3 Å². The van der Waals surface area contributed by atoms with Crippen LogP contribution in [0.3, 0.4) is 0 Å². The SMILES string of the molecule is Nc1cc(-n2cnnn2)c(Cl)cc1-c1ccccn1. The predicted molar refractivity (Wildman–Crippen MR) is 71.8 cm³/mol. The van der Waals surface area contributed by atoms with Crippen LogP contribution in [-0.2, 0) is 0 Å². The van der Waals surface area contributed by atoms with Gasteiger partial charge >= 0.3 is 0 Å². The first-order chi connectivity index (χ1) is 9.25. The number of nitrogens with zero attached hydrogens (tertiary/aromatic N) is 5. The second-order valence-electron chi connectivity index (χ2n) is 3.86. The van der Waals surface area contributed by atoms with E-state index in [-0.39, 0.29) is 0 Å². The van der Waals surface area contributed by atoms with Crippen LogP contribution in [0.15, 0.2) is 42.9 Å². The van der Waals surface area contributed by atoms with Crippen molar-refractivity contribution in [3.8, 4) is 16.9 Å². The van der Waals surface area contributed by atoms with Crippen molar-refractivity contribution < 1.29 is 0 Å². The van der Waals surface area contributed by atoms with Crippen molar-refractivity contribution in [1.29, 1.82) is 0 Å². The van der Waals surface area contributed by atoms with Crippen LogP contribution in [-0.4, -0.2) is 25.2 Å². The number of pyridine rings is 1. The number of aromatic nitrogens is 5. The summed E-state index contributed by atoms with van der Waals surface area (Å²) in [5, 5.41) is 11.4. The first-order valence-corrected chi connectivity index (χ1v) is 5.87. The van der Waals surface area contributed by atoms with Crippen molar-refractivity contribution in [2.24, 2.45) is 0 Å². The van der Waals surface area contributed by atoms with Gasteiger partial charge in [0.1, 0.15) is 6.33 Å². The predicted octanol–water partition coefficient (Wildman–Crippen LogP) is 1.96. The molecule has 0 amide bonds. The Morgan fingerprint density at radius 3 is 2.79 bits per heavy atom. The fourth-order valence-corrected chi connectivity index (χ4v) is 2.02. The molecule has 6 nitrogen and oxygen atoms in total. The fourth-order valence-electron chi connectivity index (χ4n) is 1.77. The minimum Gasteiger partial charge on any atom is -0.398 e. The van der Waals surface area contributed by atoms with Crippen LogP contribution >= 0.6 is 11.6 Å². The molecule has 94 valence electrons. The van der Waals surface area contributed by atoms with Crippen LogP contribution in [0, 0.1) is 0 Å². The summed E-state index contributed by atoms with van der Waals surface area (Å²) in [5.74, 6) is 0. The van der Waals surface area contributed by atoms with Gasteiger partial charge in [-0.2, -0.15) is 4.68 Å². The summed E-state index contributed by atoms with van der Waals surface area (Å²) in [6.07, 6.45) is 3.17. The summed E-state index contributed by atoms with van der Waals surface area (Å²) >= 11 is 6.24. The highest BCUT2D eigenvalue weighted by Crippen LogP contribution is 2.31. The van der Waals surface area contributed by atoms with E-state index in [9.17, 15) is 0 Å². The Morgan fingerprint density at radius 2 is 2.11 bits per heavy atom. The molecule has 0 saturated heterocycles. The molecule has 2 heterocycles. The largest absolute Gasteiger partial charge is 0.398 e. The summed E-state index contributed by atoms with van der Waals surface area (Å²) in [6.45, 7) is 0. The molecule has 0 radical (unpaired) electrons. The Hall–Kier alpha value is -2.47. The highest BCUT2D eigenvalue weighted by Gasteiger charge is 2.11. The van der Waals surface area contributed by atoms with E-state index in [0.717, 1.165) is 11.3 Å². The quantitative estimate of drug-likeness (QED) is 0.721. The second-order valence-corrected chi connectivity index (χ2v) is 4.27. The lowest BCUT2D eigenvalue weighted by Gasteiger charge is -2.09. The van der Waals surface area contributed by atoms with Gasteiger partial charge in [-0.3, -0.25) is 4.98 Å². The minimum absolute atomic E-state index is 0.502. The van der Waals surface area contributed by atoms with Crippen molar-refractivity contribution >= 4 is 17.3 Å². The van der Waals surface area contributed by atoms with E-state index < -0.39 is 0 Å². The van der Waals surface area contributed by atoms with Crippen LogP contribution in [0.4, 0.5) is 5.69 Å². The lowest BCUT2D eigenvalue weighted by atomic mass is 10.1. The first kappa shape index (κ1) is 11.6. The fraction of sp³-hybridized carbons (Fsp3) is 0. The molecule has 19 heavy (non-hydrogen) atoms. The Morgan fingerprint density at radius 1 is 1.21 bits per heavy atom. The van der Waals surface area contributed by atoms with E-state index in [1.165, 1.54) is 11.0 Å². The molecule has 0 fully saturated rings. The summed E-state index contributed by atoms with van der Waals surface area (Å²) in [6, 6.07) is 9.10. The molecule has 0 aliphatic carbocycles. The van der Waals surface area contributed by atoms with Crippen molar-refractivity contribution in [2.45, 2.75) is 0 Å². The van der Waals surface area contributed by atoms with Crippen LogP contribution in [0.5, 0.6) is 0 Å². The zero-order valence-electron chi connectivity index (χ0n) is 9.73. The number of hydrogen-bond acceptors (Lipinski definition) is 5. The van der Waals surface area contributed by atoms with Gasteiger partial charge in [0, 0.05) is 17.4 Å². The molecule has 7 heteroatoms. The molecule has 0 saturated carbocycles. The monoisotopic (exact) mass is 272 g/mol. The normalized spacial score (nSPS) is 10.6. The third-order valence-corrected chi connectivity index (χ3v) is 2.96. The summed E-state index contributed by atoms with van der Waals surface area (Å²) in [4.78, 5) is 4.26. The molecule has 0 bridgehead atoms. The summed E-state index contributed by atoms with van der Waals surface area (Å²) in [7, 11) is 0. The average molecular weight is 273 g/mol. The van der Waals surface area contributed by atoms with E-state index >= 15 is 0 Å². The maximum atomic E-state index is 6.24. The number of halogens is 1. The number of hydrogen-bond donors (Lipinski definition) is 1. The molecular weight excluding hydrogens is 264 g/mol. The van der Waals surface area contributed by atoms with Gasteiger partial charge in [0.05, 0.1) is 16.4 Å². The molecule has 3 aromatic rings. The number of anilines is 1. The molecule has 0 aliphatic rings. The van der Waals surface area contributed by atoms with E-state index in [1.54, 1.807) is 18.3 Å². The van der Waals surface area contributed by atoms with Crippen molar-refractivity contribution in [1.82, 2.24) is 25.2 Å². The van der Waals surface area contributed by atoms with Gasteiger partial charge in [-0.15, -0.1) is 5.10 Å². The molecule has 0 unspecified atom stereocenters. The number of tetrazole rings is 1. The van der Waals surface area contributed by atoms with E-state index in [0.29, 0.717) is 16.4 Å². The molecule has 0 spiro atoms. The number of nitrogen functional groups attached to an aromatic ring is 1. The highest BCUT2D eigenvalue weighted by atomic mass is 35.5. The van der Waals surface area contributed by atoms with Crippen molar-refractivity contribution in [2.75, 3.05) is 5.73 Å². The van der Waals surface area contributed by atoms with Crippen molar-refractivity contribution in [3.63, 3.8) is 0 Å². The molecule has 2 aromatic heterocycles. The van der Waals surface area contributed by atoms with Crippen LogP contribution < -0.4 is 5.73 Å². The van der Waals surface area contributed by atoms with Crippen molar-refractivity contribution in [3.05, 3.63) is 47.9 Å².